The second-order valence-corrected chi connectivity index (χ2v) is 12.5. The highest BCUT2D eigenvalue weighted by Gasteiger charge is 2.29. The highest BCUT2D eigenvalue weighted by molar-refractivity contribution is 6.23. The molecule has 48 heavy (non-hydrogen) atoms. The number of furan rings is 1. The minimum atomic E-state index is -0.211. The Morgan fingerprint density at radius 2 is 1.48 bits per heavy atom. The largest absolute Gasteiger partial charge is 0.455 e. The molecule has 0 saturated heterocycles. The van der Waals surface area contributed by atoms with Crippen molar-refractivity contribution < 1.29 is 4.42 Å². The van der Waals surface area contributed by atoms with Crippen LogP contribution in [0.5, 0.6) is 0 Å². The Bertz CT molecular complexity index is 2730. The molecule has 0 fully saturated rings. The molecule has 1 aliphatic carbocycles. The quantitative estimate of drug-likeness (QED) is 0.185. The van der Waals surface area contributed by atoms with E-state index in [4.69, 9.17) is 9.41 Å². The third-order valence-corrected chi connectivity index (χ3v) is 9.88. The van der Waals surface area contributed by atoms with Gasteiger partial charge in [0.1, 0.15) is 17.3 Å². The lowest BCUT2D eigenvalue weighted by Crippen LogP contribution is -2.30. The molecule has 2 aliphatic rings. The summed E-state index contributed by atoms with van der Waals surface area (Å²) in [6.45, 7) is 0. The molecule has 4 nitrogen and oxygen atoms in total. The predicted molar refractivity (Wildman–Crippen MR) is 199 cm³/mol. The molecular formula is C44H29N3O. The first-order valence-corrected chi connectivity index (χ1v) is 16.3. The van der Waals surface area contributed by atoms with Gasteiger partial charge in [0.05, 0.1) is 16.9 Å². The van der Waals surface area contributed by atoms with E-state index in [0.29, 0.717) is 0 Å². The number of aliphatic imine (C=N–C) groups is 1. The molecule has 0 amide bonds. The molecule has 226 valence electrons. The molecule has 8 aromatic rings. The number of nitrogens with zero attached hydrogens (tertiary/aromatic N) is 3. The van der Waals surface area contributed by atoms with Crippen molar-refractivity contribution in [2.24, 2.45) is 4.99 Å². The third kappa shape index (κ3) is 3.87. The van der Waals surface area contributed by atoms with Gasteiger partial charge >= 0.3 is 0 Å². The molecule has 1 atom stereocenters. The first-order valence-electron chi connectivity index (χ1n) is 16.3. The minimum absolute atomic E-state index is 0.211. The third-order valence-electron chi connectivity index (χ3n) is 9.88. The van der Waals surface area contributed by atoms with E-state index in [9.17, 15) is 0 Å². The SMILES string of the molecule is CN1c2ccccc2C(c2cccc3c2oc2ccccc23)=NC1c1ccc(-n2c3c(c4c5ccccc5ccc42)C=CC=C=C3)cc1. The van der Waals surface area contributed by atoms with E-state index in [2.05, 4.69) is 156 Å². The lowest BCUT2D eigenvalue weighted by atomic mass is 9.95. The van der Waals surface area contributed by atoms with Crippen molar-refractivity contribution in [2.75, 3.05) is 11.9 Å². The van der Waals surface area contributed by atoms with Crippen molar-refractivity contribution in [1.82, 2.24) is 4.57 Å². The first kappa shape index (κ1) is 26.8. The second kappa shape index (κ2) is 10.3. The van der Waals surface area contributed by atoms with Crippen molar-refractivity contribution in [3.8, 4) is 5.69 Å². The van der Waals surface area contributed by atoms with Gasteiger partial charge in [0, 0.05) is 57.3 Å². The van der Waals surface area contributed by atoms with Gasteiger partial charge in [0.25, 0.3) is 0 Å². The number of anilines is 1. The molecule has 6 aromatic carbocycles. The van der Waals surface area contributed by atoms with Gasteiger partial charge in [-0.05, 0) is 58.8 Å². The van der Waals surface area contributed by atoms with E-state index < -0.39 is 0 Å². The molecule has 4 heteroatoms. The zero-order valence-corrected chi connectivity index (χ0v) is 26.3. The Balaban J connectivity index is 1.13. The van der Waals surface area contributed by atoms with Crippen molar-refractivity contribution in [2.45, 2.75) is 6.17 Å². The van der Waals surface area contributed by atoms with E-state index in [1.807, 2.05) is 18.2 Å². The van der Waals surface area contributed by atoms with Crippen molar-refractivity contribution in [3.05, 3.63) is 173 Å². The molecule has 0 N–H and O–H groups in total. The smallest absolute Gasteiger partial charge is 0.147 e. The number of allylic oxidation sites excluding steroid dienone is 2. The fraction of sp³-hybridized carbons (Fsp3) is 0.0455. The summed E-state index contributed by atoms with van der Waals surface area (Å²) < 4.78 is 8.84. The lowest BCUT2D eigenvalue weighted by molar-refractivity contribution is 0.666. The maximum atomic E-state index is 6.48. The Hall–Kier alpha value is -6.35. The number of fused-ring (bicyclic) bond motifs is 9. The van der Waals surface area contributed by atoms with Gasteiger partial charge in [0.2, 0.25) is 0 Å². The molecule has 0 saturated carbocycles. The van der Waals surface area contributed by atoms with Crippen LogP contribution in [0.2, 0.25) is 0 Å². The summed E-state index contributed by atoms with van der Waals surface area (Å²) in [5.74, 6) is 0. The van der Waals surface area contributed by atoms with Crippen LogP contribution in [-0.2, 0) is 0 Å². The van der Waals surface area contributed by atoms with Crippen LogP contribution in [0.3, 0.4) is 0 Å². The molecule has 1 unspecified atom stereocenters. The molecule has 2 aromatic heterocycles. The Morgan fingerprint density at radius 3 is 2.40 bits per heavy atom. The molecule has 0 spiro atoms. The van der Waals surface area contributed by atoms with Crippen LogP contribution in [0.4, 0.5) is 5.69 Å². The number of hydrogen-bond donors (Lipinski definition) is 0. The van der Waals surface area contributed by atoms with E-state index in [1.165, 1.54) is 27.2 Å². The summed E-state index contributed by atoms with van der Waals surface area (Å²) >= 11 is 0. The zero-order chi connectivity index (χ0) is 31.8. The highest BCUT2D eigenvalue weighted by atomic mass is 16.3. The number of para-hydroxylation sites is 3. The van der Waals surface area contributed by atoms with Crippen LogP contribution in [0.25, 0.3) is 61.5 Å². The average Bonchev–Trinajstić information content (AvgIpc) is 3.57. The molecule has 10 rings (SSSR count). The Morgan fingerprint density at radius 1 is 0.708 bits per heavy atom. The molecule has 3 heterocycles. The number of aromatic nitrogens is 1. The average molecular weight is 616 g/mol. The van der Waals surface area contributed by atoms with Crippen LogP contribution < -0.4 is 4.90 Å². The van der Waals surface area contributed by atoms with E-state index in [-0.39, 0.29) is 6.17 Å². The molecule has 0 radical (unpaired) electrons. The van der Waals surface area contributed by atoms with Crippen molar-refractivity contribution >= 4 is 67.2 Å². The van der Waals surface area contributed by atoms with Crippen LogP contribution >= 0.6 is 0 Å². The molecule has 0 bridgehead atoms. The van der Waals surface area contributed by atoms with Gasteiger partial charge in [-0.3, -0.25) is 4.99 Å². The van der Waals surface area contributed by atoms with Gasteiger partial charge in [-0.25, -0.2) is 0 Å². The van der Waals surface area contributed by atoms with Crippen LogP contribution in [0.15, 0.2) is 155 Å². The molecule has 1 aliphatic heterocycles. The Kier molecular flexibility index (Phi) is 5.77. The molecular weight excluding hydrogens is 587 g/mol. The van der Waals surface area contributed by atoms with E-state index in [0.717, 1.165) is 61.4 Å². The summed E-state index contributed by atoms with van der Waals surface area (Å²) in [7, 11) is 2.13. The fourth-order valence-electron chi connectivity index (χ4n) is 7.66. The number of benzene rings is 6. The van der Waals surface area contributed by atoms with E-state index in [1.54, 1.807) is 0 Å². The standard InChI is InChI=1S/C44H29N3O/c1-46-37-19-9-7-16-35(37)42(36-18-11-17-33-32-14-8-10-21-40(32)48-43(33)36)45-44(46)29-22-25-30(26-23-29)47-38-20-4-2-3-15-34(38)41-31-13-6-5-12-28(31)24-27-39(41)47/h2-3,5-27,44H,1H3. The van der Waals surface area contributed by atoms with Gasteiger partial charge in [0.15, 0.2) is 0 Å². The van der Waals surface area contributed by atoms with Crippen LogP contribution in [0.1, 0.15) is 34.1 Å². The van der Waals surface area contributed by atoms with Gasteiger partial charge < -0.3 is 13.9 Å². The second-order valence-electron chi connectivity index (χ2n) is 12.5. The minimum Gasteiger partial charge on any atom is -0.455 e. The summed E-state index contributed by atoms with van der Waals surface area (Å²) in [6, 6.07) is 45.1. The number of hydrogen-bond acceptors (Lipinski definition) is 3. The Labute approximate surface area is 277 Å². The van der Waals surface area contributed by atoms with Gasteiger partial charge in [-0.2, -0.15) is 0 Å². The van der Waals surface area contributed by atoms with Crippen LogP contribution in [-0.4, -0.2) is 17.3 Å². The van der Waals surface area contributed by atoms with Crippen molar-refractivity contribution in [3.63, 3.8) is 0 Å². The monoisotopic (exact) mass is 615 g/mol. The first-order chi connectivity index (χ1) is 23.7. The normalized spacial score (nSPS) is 15.3. The van der Waals surface area contributed by atoms with Gasteiger partial charge in [-0.15, -0.1) is 5.73 Å². The summed E-state index contributed by atoms with van der Waals surface area (Å²) in [5, 5.41) is 5.97. The number of rotatable bonds is 3. The highest BCUT2D eigenvalue weighted by Crippen LogP contribution is 2.41. The topological polar surface area (TPSA) is 33.7 Å². The summed E-state index contributed by atoms with van der Waals surface area (Å²) in [5.41, 5.74) is 15.0. The van der Waals surface area contributed by atoms with Gasteiger partial charge in [-0.1, -0.05) is 103 Å². The summed E-state index contributed by atoms with van der Waals surface area (Å²) in [4.78, 5) is 7.74. The summed E-state index contributed by atoms with van der Waals surface area (Å²) in [6.07, 6.45) is 8.15. The maximum absolute atomic E-state index is 6.48. The maximum Gasteiger partial charge on any atom is 0.147 e. The van der Waals surface area contributed by atoms with E-state index >= 15 is 0 Å². The zero-order valence-electron chi connectivity index (χ0n) is 26.3. The van der Waals surface area contributed by atoms with Crippen molar-refractivity contribution in [1.29, 1.82) is 0 Å². The predicted octanol–water partition coefficient (Wildman–Crippen LogP) is 10.9. The fourth-order valence-corrected chi connectivity index (χ4v) is 7.66. The van der Waals surface area contributed by atoms with Crippen LogP contribution in [0, 0.1) is 0 Å². The lowest BCUT2D eigenvalue weighted by Gasteiger charge is -2.34.